The smallest absolute Gasteiger partial charge is 1.00 e. The van der Waals surface area contributed by atoms with E-state index in [0.717, 1.165) is 0 Å². The van der Waals surface area contributed by atoms with Gasteiger partial charge in [0.15, 0.2) is 0 Å². The van der Waals surface area contributed by atoms with Crippen molar-refractivity contribution in [3.05, 3.63) is 42.0 Å². The molecule has 0 N–H and O–H groups in total. The van der Waals surface area contributed by atoms with Crippen molar-refractivity contribution in [1.82, 2.24) is 0 Å². The first kappa shape index (κ1) is 17.0. The molecule has 1 radical (unpaired) electrons. The minimum Gasteiger partial charge on any atom is -1.00 e. The molecule has 0 heterocycles. The van der Waals surface area contributed by atoms with Crippen molar-refractivity contribution in [3.63, 3.8) is 0 Å². The maximum atomic E-state index is 2.29. The van der Waals surface area contributed by atoms with Crippen LogP contribution >= 0.6 is 0 Å². The summed E-state index contributed by atoms with van der Waals surface area (Å²) in [5.41, 5.74) is 1.47. The maximum absolute atomic E-state index is 2.29. The number of fused-ring (bicyclic) bond motifs is 1. The van der Waals surface area contributed by atoms with E-state index in [1.165, 1.54) is 29.2 Å². The van der Waals surface area contributed by atoms with Crippen LogP contribution in [0.1, 0.15) is 18.9 Å². The van der Waals surface area contributed by atoms with Gasteiger partial charge in [0.25, 0.3) is 0 Å². The SMILES string of the molecule is CCCc1cc2ccccc2[cH-]1.[F-].[F-].[Zr+3]. The molecule has 0 amide bonds. The zero-order valence-corrected chi connectivity index (χ0v) is 11.1. The van der Waals surface area contributed by atoms with Crippen LogP contribution in [0.3, 0.4) is 0 Å². The third-order valence-corrected chi connectivity index (χ3v) is 2.22. The van der Waals surface area contributed by atoms with Gasteiger partial charge in [-0.3, -0.25) is 0 Å². The number of halogens is 2. The predicted molar refractivity (Wildman–Crippen MR) is 53.5 cm³/mol. The van der Waals surface area contributed by atoms with E-state index in [1.54, 1.807) is 0 Å². The van der Waals surface area contributed by atoms with Crippen molar-refractivity contribution in [2.45, 2.75) is 19.8 Å². The van der Waals surface area contributed by atoms with Crippen LogP contribution in [-0.2, 0) is 32.6 Å². The Kier molecular flexibility index (Phi) is 8.84. The van der Waals surface area contributed by atoms with Crippen molar-refractivity contribution in [2.24, 2.45) is 0 Å². The van der Waals surface area contributed by atoms with Crippen LogP contribution in [0.2, 0.25) is 0 Å². The molecule has 0 spiro atoms. The summed E-state index contributed by atoms with van der Waals surface area (Å²) in [6.45, 7) is 2.22. The van der Waals surface area contributed by atoms with Crippen LogP contribution in [0.4, 0.5) is 0 Å². The van der Waals surface area contributed by atoms with E-state index in [1.807, 2.05) is 0 Å². The molecule has 0 unspecified atom stereocenters. The fraction of sp³-hybridized carbons (Fsp3) is 0.250. The van der Waals surface area contributed by atoms with Crippen LogP contribution in [-0.4, -0.2) is 0 Å². The molecule has 0 saturated carbocycles. The van der Waals surface area contributed by atoms with Gasteiger partial charge < -0.3 is 9.41 Å². The van der Waals surface area contributed by atoms with Crippen molar-refractivity contribution >= 4 is 10.8 Å². The van der Waals surface area contributed by atoms with E-state index in [-0.39, 0.29) is 35.6 Å². The molecule has 0 nitrogen and oxygen atoms in total. The van der Waals surface area contributed by atoms with E-state index in [4.69, 9.17) is 0 Å². The molecule has 15 heavy (non-hydrogen) atoms. The molecule has 79 valence electrons. The standard InChI is InChI=1S/C12H13.2FH.Zr/c1-2-5-10-8-11-6-3-4-7-12(11)9-10;;;/h3-4,6-9H,2,5H2,1H3;2*1H;/q-1;;;+3/p-2. The molecular formula is C12H13F2Zr. The Bertz CT molecular complexity index is 349. The predicted octanol–water partition coefficient (Wildman–Crippen LogP) is -2.48. The van der Waals surface area contributed by atoms with Crippen LogP contribution in [0.25, 0.3) is 10.8 Å². The number of rotatable bonds is 2. The summed E-state index contributed by atoms with van der Waals surface area (Å²) in [5.74, 6) is 0. The number of hydrogen-bond donors (Lipinski definition) is 0. The zero-order valence-electron chi connectivity index (χ0n) is 8.63. The summed E-state index contributed by atoms with van der Waals surface area (Å²) in [6.07, 6.45) is 2.44. The van der Waals surface area contributed by atoms with Crippen LogP contribution in [0.5, 0.6) is 0 Å². The number of hydrogen-bond acceptors (Lipinski definition) is 0. The fourth-order valence-corrected chi connectivity index (χ4v) is 1.65. The summed E-state index contributed by atoms with van der Waals surface area (Å²) in [5, 5.41) is 2.75. The van der Waals surface area contributed by atoms with Gasteiger partial charge in [0, 0.05) is 0 Å². The minimum atomic E-state index is 0. The third-order valence-electron chi connectivity index (χ3n) is 2.22. The molecule has 2 aromatic rings. The Morgan fingerprint density at radius 2 is 1.80 bits per heavy atom. The number of aryl methyl sites for hydroxylation is 1. The second-order valence-corrected chi connectivity index (χ2v) is 3.24. The second-order valence-electron chi connectivity index (χ2n) is 3.24. The van der Waals surface area contributed by atoms with Gasteiger partial charge in [0.2, 0.25) is 0 Å². The van der Waals surface area contributed by atoms with Gasteiger partial charge in [0.05, 0.1) is 0 Å². The van der Waals surface area contributed by atoms with Gasteiger partial charge >= 0.3 is 26.2 Å². The largest absolute Gasteiger partial charge is 3.00 e. The summed E-state index contributed by atoms with van der Waals surface area (Å²) in [7, 11) is 0. The van der Waals surface area contributed by atoms with Gasteiger partial charge in [-0.25, -0.2) is 0 Å². The molecule has 0 aromatic heterocycles. The first-order valence-electron chi connectivity index (χ1n) is 4.54. The normalized spacial score (nSPS) is 8.60. The van der Waals surface area contributed by atoms with E-state index >= 15 is 0 Å². The fourth-order valence-electron chi connectivity index (χ4n) is 1.65. The van der Waals surface area contributed by atoms with Crippen molar-refractivity contribution in [1.29, 1.82) is 0 Å². The van der Waals surface area contributed by atoms with Crippen molar-refractivity contribution in [2.75, 3.05) is 0 Å². The van der Waals surface area contributed by atoms with Crippen molar-refractivity contribution < 1.29 is 35.6 Å². The first-order valence-corrected chi connectivity index (χ1v) is 4.54. The van der Waals surface area contributed by atoms with Crippen LogP contribution in [0.15, 0.2) is 36.4 Å². The van der Waals surface area contributed by atoms with E-state index in [2.05, 4.69) is 43.3 Å². The summed E-state index contributed by atoms with van der Waals surface area (Å²) >= 11 is 0. The Labute approximate surface area is 108 Å². The maximum Gasteiger partial charge on any atom is 3.00 e. The Balaban J connectivity index is 0. The molecule has 0 aliphatic rings. The second kappa shape index (κ2) is 7.81. The molecule has 0 aliphatic carbocycles. The van der Waals surface area contributed by atoms with Gasteiger partial charge in [0.1, 0.15) is 0 Å². The zero-order chi connectivity index (χ0) is 8.39. The average Bonchev–Trinajstić information content (AvgIpc) is 2.47. The molecule has 2 rings (SSSR count). The van der Waals surface area contributed by atoms with E-state index < -0.39 is 0 Å². The average molecular weight is 286 g/mol. The van der Waals surface area contributed by atoms with Crippen LogP contribution in [0, 0.1) is 0 Å². The van der Waals surface area contributed by atoms with Gasteiger partial charge in [-0.1, -0.05) is 19.4 Å². The summed E-state index contributed by atoms with van der Waals surface area (Å²) in [6, 6.07) is 13.1. The molecular weight excluding hydrogens is 273 g/mol. The van der Waals surface area contributed by atoms with Gasteiger partial charge in [-0.05, 0) is 6.42 Å². The summed E-state index contributed by atoms with van der Waals surface area (Å²) in [4.78, 5) is 0. The van der Waals surface area contributed by atoms with Crippen LogP contribution < -0.4 is 9.41 Å². The molecule has 3 heteroatoms. The first-order chi connectivity index (χ1) is 5.90. The monoisotopic (exact) mass is 285 g/mol. The van der Waals surface area contributed by atoms with E-state index in [0.29, 0.717) is 0 Å². The van der Waals surface area contributed by atoms with E-state index in [9.17, 15) is 0 Å². The Morgan fingerprint density at radius 1 is 1.13 bits per heavy atom. The minimum absolute atomic E-state index is 0. The van der Waals surface area contributed by atoms with Gasteiger partial charge in [-0.2, -0.15) is 6.07 Å². The molecule has 0 atom stereocenters. The Morgan fingerprint density at radius 3 is 2.40 bits per heavy atom. The molecule has 0 saturated heterocycles. The van der Waals surface area contributed by atoms with Crippen molar-refractivity contribution in [3.8, 4) is 0 Å². The summed E-state index contributed by atoms with van der Waals surface area (Å²) < 4.78 is 0. The third kappa shape index (κ3) is 3.91. The molecule has 0 aliphatic heterocycles. The quantitative estimate of drug-likeness (QED) is 0.536. The topological polar surface area (TPSA) is 0 Å². The number of benzene rings is 1. The van der Waals surface area contributed by atoms with Gasteiger partial charge in [-0.15, -0.1) is 40.6 Å². The Hall–Kier alpha value is -0.427. The molecule has 2 aromatic carbocycles. The molecule has 0 fully saturated rings. The molecule has 0 bridgehead atoms.